The second-order valence-electron chi connectivity index (χ2n) is 5.64. The molecule has 0 radical (unpaired) electrons. The van der Waals surface area contributed by atoms with Gasteiger partial charge in [-0.1, -0.05) is 0 Å². The van der Waals surface area contributed by atoms with E-state index in [0.717, 1.165) is 0 Å². The van der Waals surface area contributed by atoms with Crippen LogP contribution < -0.4 is 0 Å². The standard InChI is InChI=1S/C13H17N3O4/c1-6(17)9-10-7-2-3-15(5-14)4-8(7)11(13(19)20)16(10)12(9)18/h5-7,9-10,14,17H,2-4H2,1H3,(H,19,20)/t6-,7+,9-,10-/m1/s1. The molecule has 0 aromatic heterocycles. The van der Waals surface area contributed by atoms with Crippen molar-refractivity contribution in [3.05, 3.63) is 11.3 Å². The predicted octanol–water partition coefficient (Wildman–Crippen LogP) is -0.525. The number of nitrogens with one attached hydrogen (secondary N) is 1. The van der Waals surface area contributed by atoms with Crippen LogP contribution in [0.5, 0.6) is 0 Å². The first-order chi connectivity index (χ1) is 9.47. The van der Waals surface area contributed by atoms with Crippen molar-refractivity contribution >= 4 is 18.2 Å². The SMILES string of the molecule is C[C@@H](O)[C@H]1C(=O)N2C(C(=O)O)=C3CN(C=N)CC[C@@H]3[C@H]12. The molecule has 3 N–H and O–H groups in total. The molecule has 7 heteroatoms. The molecule has 3 aliphatic rings. The molecule has 0 unspecified atom stereocenters. The fourth-order valence-corrected chi connectivity index (χ4v) is 3.74. The molecule has 0 aromatic carbocycles. The van der Waals surface area contributed by atoms with E-state index < -0.39 is 18.0 Å². The van der Waals surface area contributed by atoms with Gasteiger partial charge in [0, 0.05) is 19.0 Å². The number of carbonyl (C=O) groups excluding carboxylic acids is 1. The van der Waals surface area contributed by atoms with Crippen molar-refractivity contribution in [3.63, 3.8) is 0 Å². The van der Waals surface area contributed by atoms with Crippen molar-refractivity contribution in [1.82, 2.24) is 9.80 Å². The number of hydrogen-bond acceptors (Lipinski definition) is 4. The maximum absolute atomic E-state index is 12.1. The van der Waals surface area contributed by atoms with E-state index in [0.29, 0.717) is 25.1 Å². The van der Waals surface area contributed by atoms with E-state index in [1.807, 2.05) is 0 Å². The number of aliphatic carboxylic acids is 1. The van der Waals surface area contributed by atoms with E-state index in [1.165, 1.54) is 11.2 Å². The Bertz CT molecular complexity index is 528. The monoisotopic (exact) mass is 279 g/mol. The predicted molar refractivity (Wildman–Crippen MR) is 68.9 cm³/mol. The molecule has 3 aliphatic heterocycles. The lowest BCUT2D eigenvalue weighted by molar-refractivity contribution is -0.163. The number of fused-ring (bicyclic) bond motifs is 3. The minimum Gasteiger partial charge on any atom is -0.477 e. The number of aliphatic hydroxyl groups is 1. The van der Waals surface area contributed by atoms with E-state index in [9.17, 15) is 19.8 Å². The molecule has 0 saturated carbocycles. The molecule has 0 aromatic rings. The van der Waals surface area contributed by atoms with Crippen LogP contribution in [0.1, 0.15) is 13.3 Å². The van der Waals surface area contributed by atoms with Gasteiger partial charge in [-0.15, -0.1) is 0 Å². The summed E-state index contributed by atoms with van der Waals surface area (Å²) in [5.74, 6) is -1.91. The third kappa shape index (κ3) is 1.53. The molecule has 4 atom stereocenters. The lowest BCUT2D eigenvalue weighted by Crippen LogP contribution is -2.64. The van der Waals surface area contributed by atoms with Crippen LogP contribution in [0, 0.1) is 17.2 Å². The number of carbonyl (C=O) groups is 2. The highest BCUT2D eigenvalue weighted by molar-refractivity contribution is 6.00. The van der Waals surface area contributed by atoms with E-state index in [-0.39, 0.29) is 23.6 Å². The Hall–Kier alpha value is -1.89. The Labute approximate surface area is 116 Å². The Balaban J connectivity index is 1.99. The molecule has 3 heterocycles. The largest absolute Gasteiger partial charge is 0.477 e. The summed E-state index contributed by atoms with van der Waals surface area (Å²) in [6.07, 6.45) is 1.14. The highest BCUT2D eigenvalue weighted by Gasteiger charge is 2.61. The van der Waals surface area contributed by atoms with Gasteiger partial charge in [-0.3, -0.25) is 10.2 Å². The Morgan fingerprint density at radius 3 is 2.80 bits per heavy atom. The van der Waals surface area contributed by atoms with Gasteiger partial charge in [0.15, 0.2) is 0 Å². The van der Waals surface area contributed by atoms with Gasteiger partial charge in [-0.05, 0) is 18.9 Å². The van der Waals surface area contributed by atoms with Crippen molar-refractivity contribution in [3.8, 4) is 0 Å². The summed E-state index contributed by atoms with van der Waals surface area (Å²) in [6.45, 7) is 2.63. The normalized spacial score (nSPS) is 33.5. The fraction of sp³-hybridized carbons (Fsp3) is 0.615. The van der Waals surface area contributed by atoms with Gasteiger partial charge < -0.3 is 20.0 Å². The summed E-state index contributed by atoms with van der Waals surface area (Å²) < 4.78 is 0. The summed E-state index contributed by atoms with van der Waals surface area (Å²) in [5, 5.41) is 26.4. The maximum atomic E-state index is 12.1. The van der Waals surface area contributed by atoms with Gasteiger partial charge in [0.1, 0.15) is 5.70 Å². The van der Waals surface area contributed by atoms with Crippen LogP contribution in [0.4, 0.5) is 0 Å². The van der Waals surface area contributed by atoms with E-state index in [4.69, 9.17) is 5.41 Å². The number of β-lactam (4-membered cyclic amide) rings is 1. The first-order valence-electron chi connectivity index (χ1n) is 6.69. The van der Waals surface area contributed by atoms with E-state index in [2.05, 4.69) is 0 Å². The second kappa shape index (κ2) is 4.31. The number of carboxylic acid groups (broad SMARTS) is 1. The van der Waals surface area contributed by atoms with Crippen molar-refractivity contribution < 1.29 is 19.8 Å². The van der Waals surface area contributed by atoms with Crippen LogP contribution in [0.3, 0.4) is 0 Å². The van der Waals surface area contributed by atoms with Crippen LogP contribution in [-0.4, -0.2) is 63.5 Å². The van der Waals surface area contributed by atoms with Gasteiger partial charge in [-0.2, -0.15) is 0 Å². The van der Waals surface area contributed by atoms with Crippen LogP contribution in [0.15, 0.2) is 11.3 Å². The minimum absolute atomic E-state index is 0.00500. The van der Waals surface area contributed by atoms with Crippen molar-refractivity contribution in [2.75, 3.05) is 13.1 Å². The Kier molecular flexibility index (Phi) is 2.82. The highest BCUT2D eigenvalue weighted by Crippen LogP contribution is 2.49. The summed E-state index contributed by atoms with van der Waals surface area (Å²) >= 11 is 0. The van der Waals surface area contributed by atoms with E-state index >= 15 is 0 Å². The van der Waals surface area contributed by atoms with Gasteiger partial charge in [-0.25, -0.2) is 4.79 Å². The average Bonchev–Trinajstić information content (AvgIpc) is 2.68. The third-order valence-electron chi connectivity index (χ3n) is 4.60. The summed E-state index contributed by atoms with van der Waals surface area (Å²) in [4.78, 5) is 26.7. The Morgan fingerprint density at radius 1 is 1.55 bits per heavy atom. The summed E-state index contributed by atoms with van der Waals surface area (Å²) in [6, 6.07) is -0.225. The molecule has 1 amide bonds. The number of likely N-dealkylation sites (tertiary alicyclic amines) is 1. The van der Waals surface area contributed by atoms with Crippen molar-refractivity contribution in [2.24, 2.45) is 11.8 Å². The number of piperidine rings is 1. The summed E-state index contributed by atoms with van der Waals surface area (Å²) in [5.41, 5.74) is 0.780. The first kappa shape index (κ1) is 13.1. The van der Waals surface area contributed by atoms with Crippen LogP contribution in [0.2, 0.25) is 0 Å². The van der Waals surface area contributed by atoms with Crippen molar-refractivity contribution in [2.45, 2.75) is 25.5 Å². The second-order valence-corrected chi connectivity index (χ2v) is 5.64. The minimum atomic E-state index is -1.10. The molecule has 20 heavy (non-hydrogen) atoms. The van der Waals surface area contributed by atoms with Gasteiger partial charge >= 0.3 is 5.97 Å². The lowest BCUT2D eigenvalue weighted by Gasteiger charge is -2.47. The topological polar surface area (TPSA) is 105 Å². The van der Waals surface area contributed by atoms with Crippen LogP contribution in [0.25, 0.3) is 0 Å². The zero-order valence-electron chi connectivity index (χ0n) is 11.1. The molecule has 108 valence electrons. The van der Waals surface area contributed by atoms with E-state index in [1.54, 1.807) is 11.8 Å². The molecule has 2 saturated heterocycles. The molecular formula is C13H17N3O4. The maximum Gasteiger partial charge on any atom is 0.352 e. The fourth-order valence-electron chi connectivity index (χ4n) is 3.74. The number of aliphatic hydroxyl groups excluding tert-OH is 1. The Morgan fingerprint density at radius 2 is 2.25 bits per heavy atom. The van der Waals surface area contributed by atoms with Crippen LogP contribution in [-0.2, 0) is 9.59 Å². The zero-order chi connectivity index (χ0) is 14.6. The molecule has 0 bridgehead atoms. The molecule has 0 spiro atoms. The number of nitrogens with zero attached hydrogens (tertiary/aromatic N) is 2. The summed E-state index contributed by atoms with van der Waals surface area (Å²) in [7, 11) is 0. The third-order valence-corrected chi connectivity index (χ3v) is 4.60. The molecule has 0 aliphatic carbocycles. The first-order valence-corrected chi connectivity index (χ1v) is 6.69. The number of amides is 1. The lowest BCUT2D eigenvalue weighted by atomic mass is 9.74. The number of rotatable bonds is 3. The van der Waals surface area contributed by atoms with Crippen LogP contribution >= 0.6 is 0 Å². The smallest absolute Gasteiger partial charge is 0.352 e. The van der Waals surface area contributed by atoms with Crippen molar-refractivity contribution in [1.29, 1.82) is 5.41 Å². The highest BCUT2D eigenvalue weighted by atomic mass is 16.4. The van der Waals surface area contributed by atoms with Gasteiger partial charge in [0.25, 0.3) is 0 Å². The molecule has 7 nitrogen and oxygen atoms in total. The number of carboxylic acids is 1. The number of hydrogen-bond donors (Lipinski definition) is 3. The van der Waals surface area contributed by atoms with Gasteiger partial charge in [0.2, 0.25) is 5.91 Å². The quantitative estimate of drug-likeness (QED) is 0.366. The molecule has 2 fully saturated rings. The molecule has 3 rings (SSSR count). The molecular weight excluding hydrogens is 262 g/mol. The van der Waals surface area contributed by atoms with Gasteiger partial charge in [0.05, 0.1) is 24.4 Å². The zero-order valence-corrected chi connectivity index (χ0v) is 11.1. The average molecular weight is 279 g/mol.